The minimum absolute atomic E-state index is 0.0822. The third-order valence-electron chi connectivity index (χ3n) is 3.89. The molecule has 0 saturated carbocycles. The molecular weight excluding hydrogens is 326 g/mol. The molecule has 6 nitrogen and oxygen atoms in total. The standard InChI is InChI=1S/C17H17N3O3S/c1-10-14(24-11(2)19-10)9-18-15(21)7-8-20-16(22)12-5-3-4-6-13(12)17(20)23/h3-6H,7-9H2,1-2H3,(H,18,21). The summed E-state index contributed by atoms with van der Waals surface area (Å²) in [6, 6.07) is 6.70. The van der Waals surface area contributed by atoms with Gasteiger partial charge in [0.05, 0.1) is 28.4 Å². The van der Waals surface area contributed by atoms with Crippen LogP contribution in [-0.4, -0.2) is 34.2 Å². The molecular formula is C17H17N3O3S. The van der Waals surface area contributed by atoms with Crippen molar-refractivity contribution in [2.45, 2.75) is 26.8 Å². The van der Waals surface area contributed by atoms with Gasteiger partial charge >= 0.3 is 0 Å². The molecule has 0 spiro atoms. The van der Waals surface area contributed by atoms with Crippen LogP contribution in [0, 0.1) is 13.8 Å². The van der Waals surface area contributed by atoms with Crippen molar-refractivity contribution in [3.05, 3.63) is 51.0 Å². The Morgan fingerprint density at radius 3 is 2.33 bits per heavy atom. The van der Waals surface area contributed by atoms with Crippen molar-refractivity contribution >= 4 is 29.1 Å². The molecule has 1 N–H and O–H groups in total. The SMILES string of the molecule is Cc1nc(C)c(CNC(=O)CCN2C(=O)c3ccccc3C2=O)s1. The number of carbonyl (C=O) groups is 3. The molecule has 0 saturated heterocycles. The molecule has 1 aromatic heterocycles. The third-order valence-corrected chi connectivity index (χ3v) is 4.96. The number of hydrogen-bond donors (Lipinski definition) is 1. The van der Waals surface area contributed by atoms with Gasteiger partial charge in [0.1, 0.15) is 0 Å². The molecule has 1 aromatic carbocycles. The van der Waals surface area contributed by atoms with Crippen LogP contribution in [0.2, 0.25) is 0 Å². The van der Waals surface area contributed by atoms with E-state index in [9.17, 15) is 14.4 Å². The number of aryl methyl sites for hydroxylation is 2. The van der Waals surface area contributed by atoms with Gasteiger partial charge in [0, 0.05) is 17.8 Å². The maximum atomic E-state index is 12.2. The summed E-state index contributed by atoms with van der Waals surface area (Å²) in [5, 5.41) is 3.77. The first-order chi connectivity index (χ1) is 11.5. The second-order valence-corrected chi connectivity index (χ2v) is 6.86. The molecule has 7 heteroatoms. The van der Waals surface area contributed by atoms with Gasteiger partial charge in [0.2, 0.25) is 5.91 Å². The van der Waals surface area contributed by atoms with E-state index < -0.39 is 0 Å². The van der Waals surface area contributed by atoms with Crippen LogP contribution in [0.3, 0.4) is 0 Å². The monoisotopic (exact) mass is 343 g/mol. The van der Waals surface area contributed by atoms with Gasteiger partial charge in [0.25, 0.3) is 11.8 Å². The molecule has 124 valence electrons. The Kier molecular flexibility index (Phi) is 4.44. The smallest absolute Gasteiger partial charge is 0.261 e. The highest BCUT2D eigenvalue weighted by atomic mass is 32.1. The Hall–Kier alpha value is -2.54. The number of thiazole rings is 1. The number of imide groups is 1. The van der Waals surface area contributed by atoms with Crippen LogP contribution < -0.4 is 5.32 Å². The van der Waals surface area contributed by atoms with Crippen molar-refractivity contribution in [3.63, 3.8) is 0 Å². The average Bonchev–Trinajstić information content (AvgIpc) is 3.01. The molecule has 2 heterocycles. The van der Waals surface area contributed by atoms with Crippen LogP contribution >= 0.6 is 11.3 Å². The fraction of sp³-hybridized carbons (Fsp3) is 0.294. The first kappa shape index (κ1) is 16.3. The Labute approximate surface area is 143 Å². The highest BCUT2D eigenvalue weighted by Gasteiger charge is 2.34. The van der Waals surface area contributed by atoms with Crippen molar-refractivity contribution in [3.8, 4) is 0 Å². The van der Waals surface area contributed by atoms with Crippen molar-refractivity contribution < 1.29 is 14.4 Å². The Balaban J connectivity index is 1.55. The van der Waals surface area contributed by atoms with Gasteiger partial charge in [0.15, 0.2) is 0 Å². The summed E-state index contributed by atoms with van der Waals surface area (Å²) in [5.41, 5.74) is 1.72. The van der Waals surface area contributed by atoms with E-state index in [1.807, 2.05) is 13.8 Å². The maximum Gasteiger partial charge on any atom is 0.261 e. The zero-order valence-corrected chi connectivity index (χ0v) is 14.3. The van der Waals surface area contributed by atoms with Crippen LogP contribution in [0.4, 0.5) is 0 Å². The highest BCUT2D eigenvalue weighted by Crippen LogP contribution is 2.22. The summed E-state index contributed by atoms with van der Waals surface area (Å²) in [5.74, 6) is -0.869. The van der Waals surface area contributed by atoms with E-state index in [0.717, 1.165) is 20.5 Å². The van der Waals surface area contributed by atoms with Crippen LogP contribution in [0.15, 0.2) is 24.3 Å². The number of rotatable bonds is 5. The summed E-state index contributed by atoms with van der Waals surface area (Å²) in [7, 11) is 0. The second kappa shape index (κ2) is 6.52. The molecule has 3 amide bonds. The number of amides is 3. The Morgan fingerprint density at radius 1 is 1.17 bits per heavy atom. The molecule has 1 aliphatic rings. The third kappa shape index (κ3) is 3.07. The maximum absolute atomic E-state index is 12.2. The van der Waals surface area contributed by atoms with Crippen LogP contribution in [0.25, 0.3) is 0 Å². The number of carbonyl (C=O) groups excluding carboxylic acids is 3. The predicted molar refractivity (Wildman–Crippen MR) is 89.9 cm³/mol. The highest BCUT2D eigenvalue weighted by molar-refractivity contribution is 7.11. The fourth-order valence-electron chi connectivity index (χ4n) is 2.66. The summed E-state index contributed by atoms with van der Waals surface area (Å²) >= 11 is 1.55. The lowest BCUT2D eigenvalue weighted by molar-refractivity contribution is -0.121. The van der Waals surface area contributed by atoms with E-state index in [1.165, 1.54) is 0 Å². The molecule has 2 aromatic rings. The summed E-state index contributed by atoms with van der Waals surface area (Å²) in [4.78, 5) is 42.9. The number of nitrogens with one attached hydrogen (secondary N) is 1. The van der Waals surface area contributed by atoms with E-state index in [0.29, 0.717) is 17.7 Å². The number of fused-ring (bicyclic) bond motifs is 1. The lowest BCUT2D eigenvalue weighted by Gasteiger charge is -2.13. The molecule has 0 atom stereocenters. The van der Waals surface area contributed by atoms with Crippen LogP contribution in [-0.2, 0) is 11.3 Å². The van der Waals surface area contributed by atoms with Crippen molar-refractivity contribution in [2.75, 3.05) is 6.54 Å². The van der Waals surface area contributed by atoms with Gasteiger partial charge in [-0.2, -0.15) is 0 Å². The van der Waals surface area contributed by atoms with Gasteiger partial charge in [-0.25, -0.2) is 4.98 Å². The van der Waals surface area contributed by atoms with Gasteiger partial charge in [-0.1, -0.05) is 12.1 Å². The summed E-state index contributed by atoms with van der Waals surface area (Å²) in [6.45, 7) is 4.33. The topological polar surface area (TPSA) is 79.4 Å². The second-order valence-electron chi connectivity index (χ2n) is 5.58. The van der Waals surface area contributed by atoms with Gasteiger partial charge in [-0.05, 0) is 26.0 Å². The number of benzene rings is 1. The molecule has 1 aliphatic heterocycles. The molecule has 0 aliphatic carbocycles. The lowest BCUT2D eigenvalue weighted by atomic mass is 10.1. The van der Waals surface area contributed by atoms with E-state index in [2.05, 4.69) is 10.3 Å². The minimum Gasteiger partial charge on any atom is -0.351 e. The minimum atomic E-state index is -0.336. The molecule has 0 radical (unpaired) electrons. The van der Waals surface area contributed by atoms with Crippen molar-refractivity contribution in [2.24, 2.45) is 0 Å². The predicted octanol–water partition coefficient (Wildman–Crippen LogP) is 2.06. The Bertz CT molecular complexity index is 793. The lowest BCUT2D eigenvalue weighted by Crippen LogP contribution is -2.34. The van der Waals surface area contributed by atoms with Crippen LogP contribution in [0.5, 0.6) is 0 Å². The zero-order valence-electron chi connectivity index (χ0n) is 13.5. The number of nitrogens with zero attached hydrogens (tertiary/aromatic N) is 2. The zero-order chi connectivity index (χ0) is 17.3. The fourth-order valence-corrected chi connectivity index (χ4v) is 3.54. The quantitative estimate of drug-likeness (QED) is 0.843. The van der Waals surface area contributed by atoms with Gasteiger partial charge in [-0.15, -0.1) is 11.3 Å². The number of hydrogen-bond acceptors (Lipinski definition) is 5. The molecule has 0 bridgehead atoms. The summed E-state index contributed by atoms with van der Waals surface area (Å²) in [6.07, 6.45) is 0.0856. The van der Waals surface area contributed by atoms with Gasteiger partial charge in [-0.3, -0.25) is 19.3 Å². The molecule has 24 heavy (non-hydrogen) atoms. The van der Waals surface area contributed by atoms with Crippen molar-refractivity contribution in [1.29, 1.82) is 0 Å². The molecule has 0 unspecified atom stereocenters. The molecule has 3 rings (SSSR count). The van der Waals surface area contributed by atoms with Crippen molar-refractivity contribution in [1.82, 2.24) is 15.2 Å². The van der Waals surface area contributed by atoms with Crippen LogP contribution in [0.1, 0.15) is 42.7 Å². The average molecular weight is 343 g/mol. The summed E-state index contributed by atoms with van der Waals surface area (Å²) < 4.78 is 0. The number of aromatic nitrogens is 1. The molecule has 0 fully saturated rings. The van der Waals surface area contributed by atoms with E-state index in [1.54, 1.807) is 35.6 Å². The first-order valence-electron chi connectivity index (χ1n) is 7.62. The normalized spacial score (nSPS) is 13.3. The van der Waals surface area contributed by atoms with E-state index in [-0.39, 0.29) is 30.7 Å². The van der Waals surface area contributed by atoms with E-state index >= 15 is 0 Å². The van der Waals surface area contributed by atoms with E-state index in [4.69, 9.17) is 0 Å². The Morgan fingerprint density at radius 2 is 1.79 bits per heavy atom. The largest absolute Gasteiger partial charge is 0.351 e. The first-order valence-corrected chi connectivity index (χ1v) is 8.44. The van der Waals surface area contributed by atoms with Gasteiger partial charge < -0.3 is 5.32 Å².